The molecule has 0 aliphatic rings. The van der Waals surface area contributed by atoms with Gasteiger partial charge < -0.3 is 19.7 Å². The molecule has 5 nitrogen and oxygen atoms in total. The van der Waals surface area contributed by atoms with Gasteiger partial charge in [-0.1, -0.05) is 0 Å². The van der Waals surface area contributed by atoms with E-state index >= 15 is 0 Å². The van der Waals surface area contributed by atoms with E-state index in [1.54, 1.807) is 0 Å². The minimum Gasteiger partial charge on any atom is -0.504 e. The maximum atomic E-state index is 11.2. The molecule has 0 saturated carbocycles. The summed E-state index contributed by atoms with van der Waals surface area (Å²) >= 11 is 0. The molecule has 0 atom stereocenters. The molecule has 0 heterocycles. The highest BCUT2D eigenvalue weighted by Gasteiger charge is 2.18. The highest BCUT2D eigenvalue weighted by Crippen LogP contribution is 2.38. The number of ketones is 1. The van der Waals surface area contributed by atoms with Gasteiger partial charge in [-0.2, -0.15) is 0 Å². The number of Topliss-reactive ketones (excluding diaryl/α,β-unsaturated/α-hetero) is 1. The van der Waals surface area contributed by atoms with Crippen molar-refractivity contribution in [3.63, 3.8) is 0 Å². The van der Waals surface area contributed by atoms with E-state index in [4.69, 9.17) is 14.6 Å². The first-order valence-electron chi connectivity index (χ1n) is 4.23. The molecule has 1 aromatic rings. The summed E-state index contributed by atoms with van der Waals surface area (Å²) in [4.78, 5) is 11.2. The van der Waals surface area contributed by atoms with Crippen LogP contribution < -0.4 is 9.47 Å². The molecule has 15 heavy (non-hydrogen) atoms. The van der Waals surface area contributed by atoms with Crippen LogP contribution in [0.25, 0.3) is 0 Å². The van der Waals surface area contributed by atoms with E-state index < -0.39 is 12.4 Å². The molecule has 0 aliphatic heterocycles. The molecule has 0 aromatic heterocycles. The molecule has 1 rings (SSSR count). The van der Waals surface area contributed by atoms with Crippen molar-refractivity contribution in [1.29, 1.82) is 0 Å². The summed E-state index contributed by atoms with van der Waals surface area (Å²) < 4.78 is 9.82. The number of aromatic hydroxyl groups is 1. The van der Waals surface area contributed by atoms with Crippen molar-refractivity contribution in [3.05, 3.63) is 17.7 Å². The van der Waals surface area contributed by atoms with Crippen LogP contribution in [0.15, 0.2) is 12.1 Å². The maximum absolute atomic E-state index is 11.2. The molecule has 0 saturated heterocycles. The lowest BCUT2D eigenvalue weighted by molar-refractivity contribution is 0.0900. The first kappa shape index (κ1) is 11.3. The Morgan fingerprint density at radius 2 is 2.00 bits per heavy atom. The number of carbonyl (C=O) groups excluding carboxylic acids is 1. The number of phenolic OH excluding ortho intramolecular Hbond substituents is 1. The lowest BCUT2D eigenvalue weighted by atomic mass is 10.1. The zero-order valence-corrected chi connectivity index (χ0v) is 8.48. The zero-order chi connectivity index (χ0) is 11.4. The van der Waals surface area contributed by atoms with Crippen LogP contribution in [0.5, 0.6) is 17.2 Å². The molecule has 0 unspecified atom stereocenters. The SMILES string of the molecule is COc1ccc(C(=O)CO)c(O)c1OC. The Morgan fingerprint density at radius 3 is 2.47 bits per heavy atom. The number of phenols is 1. The summed E-state index contributed by atoms with van der Waals surface area (Å²) in [5.41, 5.74) is 0.00940. The van der Waals surface area contributed by atoms with E-state index in [1.165, 1.54) is 26.4 Å². The van der Waals surface area contributed by atoms with Crippen LogP contribution in [0.1, 0.15) is 10.4 Å². The van der Waals surface area contributed by atoms with Gasteiger partial charge in [0.1, 0.15) is 6.61 Å². The number of aliphatic hydroxyl groups is 1. The summed E-state index contributed by atoms with van der Waals surface area (Å²) in [5.74, 6) is -0.495. The van der Waals surface area contributed by atoms with Crippen molar-refractivity contribution in [3.8, 4) is 17.2 Å². The van der Waals surface area contributed by atoms with Gasteiger partial charge in [-0.25, -0.2) is 0 Å². The lowest BCUT2D eigenvalue weighted by Crippen LogP contribution is -2.05. The zero-order valence-electron chi connectivity index (χ0n) is 8.48. The summed E-state index contributed by atoms with van der Waals surface area (Å²) in [5, 5.41) is 18.3. The van der Waals surface area contributed by atoms with Crippen LogP contribution >= 0.6 is 0 Å². The van der Waals surface area contributed by atoms with E-state index in [9.17, 15) is 9.90 Å². The van der Waals surface area contributed by atoms with Gasteiger partial charge >= 0.3 is 0 Å². The van der Waals surface area contributed by atoms with Gasteiger partial charge in [-0.05, 0) is 12.1 Å². The number of carbonyl (C=O) groups is 1. The highest BCUT2D eigenvalue weighted by molar-refractivity contribution is 6.00. The van der Waals surface area contributed by atoms with Crippen LogP contribution in [-0.4, -0.2) is 36.8 Å². The van der Waals surface area contributed by atoms with Gasteiger partial charge in [0.05, 0.1) is 19.8 Å². The molecular weight excluding hydrogens is 200 g/mol. The van der Waals surface area contributed by atoms with E-state index in [2.05, 4.69) is 0 Å². The topological polar surface area (TPSA) is 76.0 Å². The fraction of sp³-hybridized carbons (Fsp3) is 0.300. The first-order valence-corrected chi connectivity index (χ1v) is 4.23. The van der Waals surface area contributed by atoms with E-state index in [1.807, 2.05) is 0 Å². The minimum absolute atomic E-state index is 0.00940. The average Bonchev–Trinajstić information content (AvgIpc) is 2.27. The third kappa shape index (κ3) is 2.02. The number of aliphatic hydroxyl groups excluding tert-OH is 1. The monoisotopic (exact) mass is 212 g/mol. The largest absolute Gasteiger partial charge is 0.504 e. The first-order chi connectivity index (χ1) is 7.15. The second-order valence-electron chi connectivity index (χ2n) is 2.78. The van der Waals surface area contributed by atoms with Gasteiger partial charge in [0.2, 0.25) is 5.75 Å². The summed E-state index contributed by atoms with van der Waals surface area (Å²) in [7, 11) is 2.77. The Kier molecular flexibility index (Phi) is 3.51. The molecule has 82 valence electrons. The third-order valence-corrected chi connectivity index (χ3v) is 1.96. The van der Waals surface area contributed by atoms with Crippen molar-refractivity contribution in [2.24, 2.45) is 0 Å². The summed E-state index contributed by atoms with van der Waals surface area (Å²) in [6.45, 7) is -0.664. The van der Waals surface area contributed by atoms with Crippen molar-refractivity contribution in [2.75, 3.05) is 20.8 Å². The van der Waals surface area contributed by atoms with Crippen LogP contribution in [0.2, 0.25) is 0 Å². The van der Waals surface area contributed by atoms with E-state index in [0.717, 1.165) is 0 Å². The Hall–Kier alpha value is -1.75. The van der Waals surface area contributed by atoms with Crippen LogP contribution in [0.4, 0.5) is 0 Å². The summed E-state index contributed by atoms with van der Waals surface area (Å²) in [6.07, 6.45) is 0. The number of methoxy groups -OCH3 is 2. The predicted octanol–water partition coefficient (Wildman–Crippen LogP) is 0.584. The predicted molar refractivity (Wildman–Crippen MR) is 52.6 cm³/mol. The van der Waals surface area contributed by atoms with Crippen molar-refractivity contribution >= 4 is 5.78 Å². The molecule has 0 bridgehead atoms. The number of benzene rings is 1. The highest BCUT2D eigenvalue weighted by atomic mass is 16.5. The smallest absolute Gasteiger partial charge is 0.203 e. The lowest BCUT2D eigenvalue weighted by Gasteiger charge is -2.11. The third-order valence-electron chi connectivity index (χ3n) is 1.96. The molecule has 2 N–H and O–H groups in total. The minimum atomic E-state index is -0.664. The number of rotatable bonds is 4. The second-order valence-corrected chi connectivity index (χ2v) is 2.78. The number of hydrogen-bond donors (Lipinski definition) is 2. The van der Waals surface area contributed by atoms with Gasteiger partial charge in [-0.15, -0.1) is 0 Å². The number of hydrogen-bond acceptors (Lipinski definition) is 5. The Morgan fingerprint density at radius 1 is 1.33 bits per heavy atom. The van der Waals surface area contributed by atoms with Gasteiger partial charge in [0.25, 0.3) is 0 Å². The van der Waals surface area contributed by atoms with Gasteiger partial charge in [0, 0.05) is 0 Å². The molecule has 5 heteroatoms. The normalized spacial score (nSPS) is 9.80. The Labute approximate surface area is 86.9 Å². The second kappa shape index (κ2) is 4.65. The van der Waals surface area contributed by atoms with Crippen molar-refractivity contribution in [1.82, 2.24) is 0 Å². The van der Waals surface area contributed by atoms with Gasteiger partial charge in [0.15, 0.2) is 17.3 Å². The molecule has 0 fully saturated rings. The number of ether oxygens (including phenoxy) is 2. The standard InChI is InChI=1S/C10H12O5/c1-14-8-4-3-6(7(12)5-11)9(13)10(8)15-2/h3-4,11,13H,5H2,1-2H3. The quantitative estimate of drug-likeness (QED) is 0.714. The van der Waals surface area contributed by atoms with E-state index in [-0.39, 0.29) is 17.1 Å². The Balaban J connectivity index is 3.29. The Bertz CT molecular complexity index is 372. The van der Waals surface area contributed by atoms with Crippen molar-refractivity contribution < 1.29 is 24.5 Å². The van der Waals surface area contributed by atoms with Gasteiger partial charge in [-0.3, -0.25) is 4.79 Å². The molecule has 0 radical (unpaired) electrons. The molecule has 0 spiro atoms. The van der Waals surface area contributed by atoms with Crippen molar-refractivity contribution in [2.45, 2.75) is 0 Å². The summed E-state index contributed by atoms with van der Waals surface area (Å²) in [6, 6.07) is 2.86. The van der Waals surface area contributed by atoms with Crippen LogP contribution in [-0.2, 0) is 0 Å². The molecule has 0 amide bonds. The molecule has 0 aliphatic carbocycles. The van der Waals surface area contributed by atoms with Crippen LogP contribution in [0, 0.1) is 0 Å². The molecule has 1 aromatic carbocycles. The molecular formula is C10H12O5. The fourth-order valence-electron chi connectivity index (χ4n) is 1.22. The maximum Gasteiger partial charge on any atom is 0.203 e. The van der Waals surface area contributed by atoms with Crippen LogP contribution in [0.3, 0.4) is 0 Å². The van der Waals surface area contributed by atoms with E-state index in [0.29, 0.717) is 5.75 Å². The fourth-order valence-corrected chi connectivity index (χ4v) is 1.22. The average molecular weight is 212 g/mol.